The molecule has 4 atom stereocenters. The highest BCUT2D eigenvalue weighted by molar-refractivity contribution is 5.97. The standard InChI is InChI=1S/C76H104N16O20/c1-33(2)21-41-45-25-47(67(103)53(65(45)101)29-81-89-73(109)57(85-37(9)93)13-17-61(77)97)42(22-34(3)4)49-27-51(71(107)55(69(49)105)31-83-91-75(111)59(87-39(11)95)15-19-63(79)99)44(24-36(7)8)52-28-50(70(106)56(72(52)108)32-84-92-76(112)60(88-40(12)96)16-20-64(80)100)43(23-35(5)6)48-26-46(41)66(102)54(68(48)104)30-82-90-74(110)58(86-38(10)94)14-18-62(78)98/h25-36,41-44,57-60,101-108H,13-24H2,1-12H3,(H2,77,97)(H2,78,98)(H2,79,99)(H2,80,100)(H,85,93)(H,86,94)(H,87,95)(H,88,96)(H,89,109)(H,90,110)(H,91,111)(H,92,112)/b81-29+,82-30+,83-31+,84-32+/t41?,42?,43?,44?,57-,58-,59-,60-/m0/s1. The summed E-state index contributed by atoms with van der Waals surface area (Å²) >= 11 is 0. The predicted octanol–water partition coefficient (Wildman–Crippen LogP) is 3.24. The minimum atomic E-state index is -1.41. The summed E-state index contributed by atoms with van der Waals surface area (Å²) < 4.78 is 0. The summed E-state index contributed by atoms with van der Waals surface area (Å²) in [6, 6.07) is -0.120. The molecule has 0 aromatic heterocycles. The van der Waals surface area contributed by atoms with Crippen molar-refractivity contribution in [2.45, 2.75) is 208 Å². The molecule has 4 aromatic rings. The SMILES string of the molecule is CC(=O)N[C@@H](CCC(N)=O)C(=O)N/N=C/c1c(O)c2cc(c1O)C(CC(C)C)c1cc(c(O)c(/C=N/NC(=O)[C@H](CCC(N)=O)NC(C)=O)c1O)C(CC(C)C)c1cc(c(O)c(/C=N/NC(=O)[C@H](CCC(N)=O)NC(C)=O)c1O)C(CC(C)C)c1cc(c(O)c(/C=N/NC(=O)[C@H](CCC(N)=O)NC(C)=O)c1O)C2CC(C)C. The van der Waals surface area contributed by atoms with E-state index in [9.17, 15) is 98.4 Å². The fourth-order valence-corrected chi connectivity index (χ4v) is 13.3. The Morgan fingerprint density at radius 1 is 0.312 bits per heavy atom. The highest BCUT2D eigenvalue weighted by Gasteiger charge is 2.39. The lowest BCUT2D eigenvalue weighted by Gasteiger charge is -2.32. The Kier molecular flexibility index (Phi) is 32.9. The zero-order chi connectivity index (χ0) is 84.0. The van der Waals surface area contributed by atoms with Crippen LogP contribution in [0.3, 0.4) is 0 Å². The number of hydrazone groups is 4. The van der Waals surface area contributed by atoms with E-state index in [0.717, 1.165) is 52.6 Å². The number of rotatable bonds is 36. The molecular formula is C76H104N16O20. The minimum absolute atomic E-state index is 0.0776. The number of nitrogens with zero attached hydrogens (tertiary/aromatic N) is 4. The van der Waals surface area contributed by atoms with E-state index in [2.05, 4.69) is 63.4 Å². The van der Waals surface area contributed by atoms with Gasteiger partial charge in [-0.25, -0.2) is 21.7 Å². The quantitative estimate of drug-likeness (QED) is 0.0229. The van der Waals surface area contributed by atoms with Gasteiger partial charge in [0.2, 0.25) is 47.3 Å². The molecule has 1 aliphatic rings. The van der Waals surface area contributed by atoms with Crippen LogP contribution < -0.4 is 65.9 Å². The summed E-state index contributed by atoms with van der Waals surface area (Å²) in [6.45, 7) is 18.7. The zero-order valence-electron chi connectivity index (χ0n) is 64.6. The number of nitrogens with two attached hydrogens (primary N) is 4. The molecule has 0 heterocycles. The summed E-state index contributed by atoms with van der Waals surface area (Å²) in [5.41, 5.74) is 27.5. The number of amides is 12. The maximum absolute atomic E-state index is 13.9. The fraction of sp³-hybridized carbons (Fsp3) is 0.474. The van der Waals surface area contributed by atoms with E-state index in [0.29, 0.717) is 0 Å². The second-order valence-corrected chi connectivity index (χ2v) is 29.4. The van der Waals surface area contributed by atoms with Crippen molar-refractivity contribution < 1.29 is 98.4 Å². The Morgan fingerprint density at radius 2 is 0.464 bits per heavy atom. The average Bonchev–Trinajstić information content (AvgIpc) is 0.736. The molecule has 608 valence electrons. The summed E-state index contributed by atoms with van der Waals surface area (Å²) in [4.78, 5) is 153. The second-order valence-electron chi connectivity index (χ2n) is 29.4. The maximum atomic E-state index is 13.9. The number of fused-ring (bicyclic) bond motifs is 8. The summed E-state index contributed by atoms with van der Waals surface area (Å²) in [7, 11) is 0. The smallest absolute Gasteiger partial charge is 0.262 e. The Bertz CT molecular complexity index is 3710. The largest absolute Gasteiger partial charge is 0.507 e. The number of primary amides is 4. The van der Waals surface area contributed by atoms with Crippen LogP contribution in [0.25, 0.3) is 0 Å². The third-order valence-electron chi connectivity index (χ3n) is 18.3. The molecule has 0 spiro atoms. The van der Waals surface area contributed by atoms with Crippen molar-refractivity contribution in [2.75, 3.05) is 0 Å². The first-order valence-electron chi connectivity index (χ1n) is 36.3. The van der Waals surface area contributed by atoms with Gasteiger partial charge in [0.1, 0.15) is 70.2 Å². The topological polar surface area (TPSA) is 616 Å². The number of hydrogen-bond acceptors (Lipinski definition) is 24. The molecular weight excluding hydrogens is 1460 g/mol. The van der Waals surface area contributed by atoms with Crippen LogP contribution in [0.15, 0.2) is 44.7 Å². The van der Waals surface area contributed by atoms with Crippen molar-refractivity contribution in [1.29, 1.82) is 0 Å². The lowest BCUT2D eigenvalue weighted by Crippen LogP contribution is -2.45. The molecule has 4 aromatic carbocycles. The van der Waals surface area contributed by atoms with Gasteiger partial charge in [-0.05, 0) is 99.3 Å². The van der Waals surface area contributed by atoms with E-state index < -0.39 is 211 Å². The molecule has 12 amide bonds. The number of carbonyl (C=O) groups is 12. The first-order valence-corrected chi connectivity index (χ1v) is 36.3. The van der Waals surface area contributed by atoms with Gasteiger partial charge in [0, 0.05) is 122 Å². The molecule has 8 bridgehead atoms. The van der Waals surface area contributed by atoms with E-state index in [1.54, 1.807) is 55.4 Å². The molecule has 24 N–H and O–H groups in total. The van der Waals surface area contributed by atoms with Crippen LogP contribution in [0.4, 0.5) is 0 Å². The number of benzene rings is 4. The van der Waals surface area contributed by atoms with Crippen LogP contribution in [-0.4, -0.2) is 161 Å². The number of carbonyl (C=O) groups excluding carboxylic acids is 12. The van der Waals surface area contributed by atoms with Crippen LogP contribution in [0.1, 0.15) is 251 Å². The Hall–Kier alpha value is -12.4. The van der Waals surface area contributed by atoms with Crippen molar-refractivity contribution in [2.24, 2.45) is 67.0 Å². The third kappa shape index (κ3) is 24.8. The first-order chi connectivity index (χ1) is 52.4. The van der Waals surface area contributed by atoms with Crippen LogP contribution in [-0.2, 0) is 57.5 Å². The molecule has 5 rings (SSSR count). The molecule has 0 unspecified atom stereocenters. The number of phenols is 8. The Labute approximate surface area is 646 Å². The van der Waals surface area contributed by atoms with Gasteiger partial charge >= 0.3 is 0 Å². The monoisotopic (exact) mass is 1560 g/mol. The summed E-state index contributed by atoms with van der Waals surface area (Å²) in [5, 5.41) is 131. The van der Waals surface area contributed by atoms with Gasteiger partial charge in [-0.2, -0.15) is 20.4 Å². The van der Waals surface area contributed by atoms with Crippen molar-refractivity contribution in [3.8, 4) is 46.0 Å². The Morgan fingerprint density at radius 3 is 0.589 bits per heavy atom. The van der Waals surface area contributed by atoms with Gasteiger partial charge in [0.25, 0.3) is 23.6 Å². The van der Waals surface area contributed by atoms with Crippen molar-refractivity contribution >= 4 is 95.7 Å². The Balaban J connectivity index is 2.20. The van der Waals surface area contributed by atoms with Crippen LogP contribution in [0, 0.1) is 23.7 Å². The van der Waals surface area contributed by atoms with E-state index >= 15 is 0 Å². The van der Waals surface area contributed by atoms with Gasteiger partial charge in [0.05, 0.1) is 47.1 Å². The molecule has 0 saturated heterocycles. The van der Waals surface area contributed by atoms with Gasteiger partial charge in [-0.15, -0.1) is 0 Å². The highest BCUT2D eigenvalue weighted by atomic mass is 16.3. The lowest BCUT2D eigenvalue weighted by molar-refractivity contribution is -0.128. The average molecular weight is 1560 g/mol. The van der Waals surface area contributed by atoms with Gasteiger partial charge < -0.3 is 85.1 Å². The maximum Gasteiger partial charge on any atom is 0.262 e. The van der Waals surface area contributed by atoms with Crippen LogP contribution in [0.2, 0.25) is 0 Å². The summed E-state index contributed by atoms with van der Waals surface area (Å²) in [6.07, 6.45) is 0.487. The lowest BCUT2D eigenvalue weighted by atomic mass is 9.73. The van der Waals surface area contributed by atoms with Crippen molar-refractivity contribution in [3.05, 3.63) is 91.0 Å². The molecule has 1 aliphatic carbocycles. The molecule has 0 aliphatic heterocycles. The highest BCUT2D eigenvalue weighted by Crippen LogP contribution is 2.56. The van der Waals surface area contributed by atoms with E-state index in [-0.39, 0.29) is 122 Å². The first kappa shape index (κ1) is 90.2. The van der Waals surface area contributed by atoms with Gasteiger partial charge in [0.15, 0.2) is 0 Å². The molecule has 0 fully saturated rings. The molecule has 112 heavy (non-hydrogen) atoms. The third-order valence-corrected chi connectivity index (χ3v) is 18.3. The molecule has 36 heteroatoms. The fourth-order valence-electron chi connectivity index (χ4n) is 13.3. The van der Waals surface area contributed by atoms with E-state index in [4.69, 9.17) is 22.9 Å². The minimum Gasteiger partial charge on any atom is -0.507 e. The molecule has 0 radical (unpaired) electrons. The predicted molar refractivity (Wildman–Crippen MR) is 411 cm³/mol. The second kappa shape index (κ2) is 40.9. The van der Waals surface area contributed by atoms with Crippen molar-refractivity contribution in [3.63, 3.8) is 0 Å². The van der Waals surface area contributed by atoms with Crippen LogP contribution in [0.5, 0.6) is 46.0 Å². The summed E-state index contributed by atoms with van der Waals surface area (Å²) in [5.74, 6) is -23.3. The number of hydrogen-bond donors (Lipinski definition) is 20. The number of aromatic hydroxyl groups is 8. The van der Waals surface area contributed by atoms with Gasteiger partial charge in [-0.1, -0.05) is 55.4 Å². The zero-order valence-corrected chi connectivity index (χ0v) is 64.6. The van der Waals surface area contributed by atoms with Gasteiger partial charge in [-0.3, -0.25) is 57.5 Å². The normalized spacial score (nSPS) is 15.9. The van der Waals surface area contributed by atoms with Crippen LogP contribution >= 0.6 is 0 Å². The molecule has 0 saturated carbocycles. The molecule has 36 nitrogen and oxygen atoms in total. The van der Waals surface area contributed by atoms with E-state index in [1.807, 2.05) is 0 Å². The number of nitrogens with one attached hydrogen (secondary N) is 8. The van der Waals surface area contributed by atoms with Crippen molar-refractivity contribution in [1.82, 2.24) is 43.0 Å². The van der Waals surface area contributed by atoms with E-state index in [1.165, 1.54) is 24.3 Å². The number of phenolic OH excluding ortho intramolecular Hbond substituents is 8.